The van der Waals surface area contributed by atoms with Gasteiger partial charge in [0.05, 0.1) is 7.11 Å². The van der Waals surface area contributed by atoms with E-state index in [4.69, 9.17) is 10.8 Å². The first kappa shape index (κ1) is 21.9. The third kappa shape index (κ3) is 8.23. The van der Waals surface area contributed by atoms with Gasteiger partial charge in [-0.1, -0.05) is 51.4 Å². The molecule has 0 aliphatic heterocycles. The third-order valence-electron chi connectivity index (χ3n) is 5.66. The van der Waals surface area contributed by atoms with Crippen molar-refractivity contribution in [2.24, 2.45) is 11.8 Å². The first-order valence-electron chi connectivity index (χ1n) is 11.4. The first-order valence-corrected chi connectivity index (χ1v) is 10.9. The van der Waals surface area contributed by atoms with Crippen LogP contribution in [0.3, 0.4) is 0 Å². The highest BCUT2D eigenvalue weighted by molar-refractivity contribution is 5.89. The van der Waals surface area contributed by atoms with Gasteiger partial charge in [-0.3, -0.25) is 4.79 Å². The molecule has 0 spiro atoms. The molecule has 2 aliphatic rings. The molecular weight excluding hydrogens is 372 g/mol. The monoisotopic (exact) mass is 411 g/mol. The van der Waals surface area contributed by atoms with Gasteiger partial charge in [0.15, 0.2) is 0 Å². The van der Waals surface area contributed by atoms with E-state index in [9.17, 15) is 14.4 Å². The number of ether oxygens (including phenoxy) is 2. The number of alkyl carbamates (subject to hydrolysis) is 1. The Morgan fingerprint density at radius 1 is 0.966 bits per heavy atom. The van der Waals surface area contributed by atoms with Crippen LogP contribution in [0.25, 0.3) is 0 Å². The highest BCUT2D eigenvalue weighted by atomic mass is 16.6. The molecule has 0 unspecified atom stereocenters. The van der Waals surface area contributed by atoms with E-state index in [0.717, 1.165) is 38.5 Å². The van der Waals surface area contributed by atoms with Crippen molar-refractivity contribution in [3.63, 3.8) is 0 Å². The lowest BCUT2D eigenvalue weighted by molar-refractivity contribution is -0.145. The van der Waals surface area contributed by atoms with E-state index in [1.54, 1.807) is 20.8 Å². The van der Waals surface area contributed by atoms with Gasteiger partial charge >= 0.3 is 12.1 Å². The molecule has 29 heavy (non-hydrogen) atoms. The van der Waals surface area contributed by atoms with Gasteiger partial charge in [-0.05, 0) is 45.4 Å². The van der Waals surface area contributed by atoms with E-state index >= 15 is 0 Å². The summed E-state index contributed by atoms with van der Waals surface area (Å²) in [6.45, 7) is 5.25. The number of hydrogen-bond acceptors (Lipinski definition) is 5. The maximum absolute atomic E-state index is 13.1. The predicted molar refractivity (Wildman–Crippen MR) is 110 cm³/mol. The molecule has 2 aliphatic carbocycles. The number of esters is 1. The average molecular weight is 412 g/mol. The molecule has 2 fully saturated rings. The van der Waals surface area contributed by atoms with Gasteiger partial charge in [-0.15, -0.1) is 0 Å². The zero-order valence-electron chi connectivity index (χ0n) is 19.3. The Hall–Kier alpha value is -1.79. The van der Waals surface area contributed by atoms with E-state index < -0.39 is 41.5 Å². The summed E-state index contributed by atoms with van der Waals surface area (Å²) in [6.07, 6.45) is 7.64. The van der Waals surface area contributed by atoms with Crippen molar-refractivity contribution in [2.45, 2.75) is 103 Å². The van der Waals surface area contributed by atoms with Gasteiger partial charge in [0, 0.05) is 1.37 Å². The van der Waals surface area contributed by atoms with E-state index in [-0.39, 0.29) is 6.42 Å². The zero-order valence-corrected chi connectivity index (χ0v) is 18.3. The summed E-state index contributed by atoms with van der Waals surface area (Å²) in [4.78, 5) is 37.7. The molecule has 0 heterocycles. The quantitative estimate of drug-likeness (QED) is 0.594. The van der Waals surface area contributed by atoms with E-state index in [1.807, 2.05) is 0 Å². The molecule has 0 aromatic carbocycles. The fourth-order valence-corrected chi connectivity index (χ4v) is 4.23. The summed E-state index contributed by atoms with van der Waals surface area (Å²) in [5.74, 6) is -1.33. The van der Waals surface area contributed by atoms with Crippen LogP contribution in [0.5, 0.6) is 0 Å². The molecule has 166 valence electrons. The predicted octanol–water partition coefficient (Wildman–Crippen LogP) is 3.70. The molecule has 7 nitrogen and oxygen atoms in total. The Labute approximate surface area is 176 Å². The van der Waals surface area contributed by atoms with Crippen LogP contribution in [0, 0.1) is 11.8 Å². The van der Waals surface area contributed by atoms with Crippen LogP contribution in [0.4, 0.5) is 4.79 Å². The summed E-state index contributed by atoms with van der Waals surface area (Å²) < 4.78 is 18.9. The molecule has 2 amide bonds. The summed E-state index contributed by atoms with van der Waals surface area (Å²) in [6, 6.07) is -1.69. The summed E-state index contributed by atoms with van der Waals surface area (Å²) in [5, 5.41) is 5.42. The number of nitrogens with one attached hydrogen (secondary N) is 2. The van der Waals surface area contributed by atoms with Gasteiger partial charge in [-0.25, -0.2) is 9.59 Å². The second-order valence-corrected chi connectivity index (χ2v) is 9.33. The molecule has 7 heteroatoms. The second kappa shape index (κ2) is 10.8. The maximum atomic E-state index is 13.1. The molecule has 0 saturated heterocycles. The number of amides is 2. The zero-order chi connectivity index (χ0) is 22.4. The minimum absolute atomic E-state index is 0.190. The Kier molecular flexibility index (Phi) is 8.19. The number of hydrogen-bond donors (Lipinski definition) is 2. The molecule has 0 radical (unpaired) electrons. The Morgan fingerprint density at radius 3 is 2.10 bits per heavy atom. The Bertz CT molecular complexity index is 607. The average Bonchev–Trinajstić information content (AvgIpc) is 3.30. The lowest BCUT2D eigenvalue weighted by atomic mass is 9.96. The minimum Gasteiger partial charge on any atom is -0.467 e. The van der Waals surface area contributed by atoms with Crippen molar-refractivity contribution >= 4 is 18.0 Å². The fraction of sp³-hybridized carbons (Fsp3) is 0.864. The van der Waals surface area contributed by atoms with E-state index in [0.29, 0.717) is 25.2 Å². The standard InChI is InChI=1S/C22H38N2O5/c1-22(2,3)29-21(27)24-17(13-15-9-5-6-10-15)19(25)23-18(20(26)28-4)14-16-11-7-8-12-16/h15-18H,5-14H2,1-4H3,(H,23,25)(H,24,27)/t17-,18-/m0/s1/i15D. The first-order chi connectivity index (χ1) is 14.0. The van der Waals surface area contributed by atoms with Crippen molar-refractivity contribution in [3.8, 4) is 0 Å². The van der Waals surface area contributed by atoms with Crippen LogP contribution in [-0.4, -0.2) is 42.8 Å². The van der Waals surface area contributed by atoms with Crippen LogP contribution in [0.1, 0.15) is 86.4 Å². The third-order valence-corrected chi connectivity index (χ3v) is 5.66. The van der Waals surface area contributed by atoms with Gasteiger partial charge in [-0.2, -0.15) is 0 Å². The van der Waals surface area contributed by atoms with E-state index in [2.05, 4.69) is 10.6 Å². The highest BCUT2D eigenvalue weighted by Gasteiger charge is 2.33. The van der Waals surface area contributed by atoms with Crippen molar-refractivity contribution in [3.05, 3.63) is 0 Å². The minimum atomic E-state index is -0.939. The lowest BCUT2D eigenvalue weighted by Crippen LogP contribution is -2.53. The van der Waals surface area contributed by atoms with Crippen molar-refractivity contribution in [1.29, 1.82) is 0 Å². The van der Waals surface area contributed by atoms with Crippen molar-refractivity contribution in [2.75, 3.05) is 7.11 Å². The van der Waals surface area contributed by atoms with Gasteiger partial charge in [0.25, 0.3) is 0 Å². The number of carbonyl (C=O) groups excluding carboxylic acids is 3. The van der Waals surface area contributed by atoms with Crippen LogP contribution in [0.15, 0.2) is 0 Å². The highest BCUT2D eigenvalue weighted by Crippen LogP contribution is 2.30. The molecule has 2 N–H and O–H groups in total. The summed E-state index contributed by atoms with van der Waals surface area (Å²) in [5.41, 5.74) is -0.700. The van der Waals surface area contributed by atoms with Gasteiger partial charge < -0.3 is 20.1 Å². The molecule has 0 bridgehead atoms. The molecule has 2 atom stereocenters. The van der Waals surface area contributed by atoms with Crippen LogP contribution < -0.4 is 10.6 Å². The van der Waals surface area contributed by atoms with Crippen LogP contribution in [0.2, 0.25) is 0 Å². The van der Waals surface area contributed by atoms with E-state index in [1.165, 1.54) is 7.11 Å². The number of rotatable bonds is 8. The number of methoxy groups -OCH3 is 1. The summed E-state index contributed by atoms with van der Waals surface area (Å²) in [7, 11) is 1.31. The Balaban J connectivity index is 2.09. The topological polar surface area (TPSA) is 93.7 Å². The lowest BCUT2D eigenvalue weighted by Gasteiger charge is -2.27. The summed E-state index contributed by atoms with van der Waals surface area (Å²) >= 11 is 0. The molecule has 2 saturated carbocycles. The van der Waals surface area contributed by atoms with Crippen LogP contribution >= 0.6 is 0 Å². The van der Waals surface area contributed by atoms with Crippen LogP contribution in [-0.2, 0) is 19.1 Å². The molecule has 0 aromatic heterocycles. The molecule has 0 aromatic rings. The van der Waals surface area contributed by atoms with Gasteiger partial charge in [0.2, 0.25) is 5.91 Å². The number of carbonyl (C=O) groups is 3. The second-order valence-electron chi connectivity index (χ2n) is 9.33. The fourth-order valence-electron chi connectivity index (χ4n) is 4.23. The largest absolute Gasteiger partial charge is 0.467 e. The van der Waals surface area contributed by atoms with Gasteiger partial charge in [0.1, 0.15) is 17.7 Å². The van der Waals surface area contributed by atoms with Crippen molar-refractivity contribution < 1.29 is 25.2 Å². The Morgan fingerprint density at radius 2 is 1.55 bits per heavy atom. The molecule has 2 rings (SSSR count). The smallest absolute Gasteiger partial charge is 0.408 e. The van der Waals surface area contributed by atoms with Crippen molar-refractivity contribution in [1.82, 2.24) is 10.6 Å². The maximum Gasteiger partial charge on any atom is 0.408 e. The molecular formula is C22H38N2O5. The SMILES string of the molecule is [2H]C1(C[C@H](NC(=O)OC(C)(C)C)C(=O)N[C@@H](CC2CCCC2)C(=O)OC)CCCC1. The normalized spacial score (nSPS) is 21.7.